The molecule has 1 atom stereocenters. The molecule has 0 saturated carbocycles. The summed E-state index contributed by atoms with van der Waals surface area (Å²) in [5.41, 5.74) is 5.44. The smallest absolute Gasteiger partial charge is 0.300 e. The topological polar surface area (TPSA) is 57.6 Å². The first kappa shape index (κ1) is 20.1. The Labute approximate surface area is 180 Å². The van der Waals surface area contributed by atoms with Gasteiger partial charge in [0, 0.05) is 16.1 Å². The monoisotopic (exact) mass is 417 g/mol. The van der Waals surface area contributed by atoms with Crippen LogP contribution in [-0.2, 0) is 9.59 Å². The zero-order valence-corrected chi connectivity index (χ0v) is 18.2. The number of aliphatic hydroxyl groups excluding tert-OH is 1. The zero-order valence-electron chi connectivity index (χ0n) is 17.4. The van der Waals surface area contributed by atoms with Crippen molar-refractivity contribution in [3.05, 3.63) is 92.2 Å². The van der Waals surface area contributed by atoms with Crippen molar-refractivity contribution in [1.29, 1.82) is 0 Å². The lowest BCUT2D eigenvalue weighted by molar-refractivity contribution is -0.132. The summed E-state index contributed by atoms with van der Waals surface area (Å²) < 4.78 is 0. The summed E-state index contributed by atoms with van der Waals surface area (Å²) in [6.45, 7) is 7.86. The third kappa shape index (κ3) is 3.25. The minimum absolute atomic E-state index is 0.130. The molecule has 1 amide bonds. The predicted octanol–water partition coefficient (Wildman–Crippen LogP) is 5.61. The fraction of sp³-hybridized carbons (Fsp3) is 0.200. The van der Waals surface area contributed by atoms with Crippen molar-refractivity contribution in [2.75, 3.05) is 4.90 Å². The van der Waals surface area contributed by atoms with Crippen LogP contribution in [0.3, 0.4) is 0 Å². The molecule has 0 radical (unpaired) electrons. The first-order valence-electron chi connectivity index (χ1n) is 9.79. The molecule has 1 fully saturated rings. The minimum atomic E-state index is -0.663. The highest BCUT2D eigenvalue weighted by Crippen LogP contribution is 2.44. The lowest BCUT2D eigenvalue weighted by Crippen LogP contribution is -2.29. The van der Waals surface area contributed by atoms with E-state index in [0.29, 0.717) is 11.3 Å². The Morgan fingerprint density at radius 2 is 1.70 bits per heavy atom. The van der Waals surface area contributed by atoms with E-state index in [0.717, 1.165) is 27.1 Å². The Bertz CT molecular complexity index is 1190. The number of hydrogen-bond acceptors (Lipinski definition) is 4. The molecular formula is C25H23NO3S. The van der Waals surface area contributed by atoms with Crippen molar-refractivity contribution in [3.63, 3.8) is 0 Å². The van der Waals surface area contributed by atoms with Crippen molar-refractivity contribution in [1.82, 2.24) is 0 Å². The van der Waals surface area contributed by atoms with Crippen molar-refractivity contribution >= 4 is 34.5 Å². The number of anilines is 1. The number of ketones is 1. The molecule has 2 heterocycles. The van der Waals surface area contributed by atoms with Gasteiger partial charge in [-0.1, -0.05) is 35.9 Å². The average Bonchev–Trinajstić information content (AvgIpc) is 3.31. The zero-order chi connectivity index (χ0) is 21.6. The molecule has 2 aromatic carbocycles. The molecule has 1 unspecified atom stereocenters. The van der Waals surface area contributed by atoms with Crippen LogP contribution >= 0.6 is 11.3 Å². The second kappa shape index (κ2) is 7.58. The number of benzene rings is 2. The van der Waals surface area contributed by atoms with Crippen molar-refractivity contribution in [2.24, 2.45) is 0 Å². The number of nitrogens with zero attached hydrogens (tertiary/aromatic N) is 1. The van der Waals surface area contributed by atoms with Gasteiger partial charge in [0.2, 0.25) is 0 Å². The summed E-state index contributed by atoms with van der Waals surface area (Å²) in [6, 6.07) is 14.4. The highest BCUT2D eigenvalue weighted by atomic mass is 32.1. The molecule has 1 saturated heterocycles. The minimum Gasteiger partial charge on any atom is -0.507 e. The molecule has 4 rings (SSSR count). The Morgan fingerprint density at radius 1 is 0.933 bits per heavy atom. The van der Waals surface area contributed by atoms with Crippen molar-refractivity contribution in [2.45, 2.75) is 33.7 Å². The summed E-state index contributed by atoms with van der Waals surface area (Å²) in [7, 11) is 0. The Morgan fingerprint density at radius 3 is 2.33 bits per heavy atom. The number of thiophene rings is 1. The summed E-state index contributed by atoms with van der Waals surface area (Å²) in [5.74, 6) is -1.42. The van der Waals surface area contributed by atoms with Gasteiger partial charge in [0.05, 0.1) is 5.57 Å². The van der Waals surface area contributed by atoms with Gasteiger partial charge in [-0.3, -0.25) is 14.5 Å². The highest BCUT2D eigenvalue weighted by molar-refractivity contribution is 7.10. The van der Waals surface area contributed by atoms with E-state index in [-0.39, 0.29) is 11.3 Å². The van der Waals surface area contributed by atoms with E-state index in [2.05, 4.69) is 0 Å². The number of hydrogen-bond donors (Lipinski definition) is 1. The summed E-state index contributed by atoms with van der Waals surface area (Å²) in [6.07, 6.45) is 0. The SMILES string of the molecule is Cc1ccc(N2C(=O)C(=O)/C(=C(\O)c3ccc(C)c(C)c3)C2c2cccs2)c(C)c1. The van der Waals surface area contributed by atoms with Crippen LogP contribution in [0, 0.1) is 27.7 Å². The van der Waals surface area contributed by atoms with Crippen LogP contribution < -0.4 is 4.90 Å². The van der Waals surface area contributed by atoms with E-state index < -0.39 is 17.7 Å². The fourth-order valence-electron chi connectivity index (χ4n) is 3.92. The second-order valence-corrected chi connectivity index (χ2v) is 8.75. The lowest BCUT2D eigenvalue weighted by Gasteiger charge is -2.26. The third-order valence-electron chi connectivity index (χ3n) is 5.65. The van der Waals surface area contributed by atoms with Gasteiger partial charge >= 0.3 is 0 Å². The van der Waals surface area contributed by atoms with Crippen LogP contribution in [0.25, 0.3) is 5.76 Å². The van der Waals surface area contributed by atoms with E-state index in [4.69, 9.17) is 0 Å². The maximum Gasteiger partial charge on any atom is 0.300 e. The predicted molar refractivity (Wildman–Crippen MR) is 121 cm³/mol. The van der Waals surface area contributed by atoms with Crippen molar-refractivity contribution in [3.8, 4) is 0 Å². The first-order chi connectivity index (χ1) is 14.3. The lowest BCUT2D eigenvalue weighted by atomic mass is 9.97. The molecule has 1 N–H and O–H groups in total. The van der Waals surface area contributed by atoms with Crippen molar-refractivity contribution < 1.29 is 14.7 Å². The highest BCUT2D eigenvalue weighted by Gasteiger charge is 2.47. The molecule has 1 aliphatic heterocycles. The number of aliphatic hydroxyl groups is 1. The van der Waals surface area contributed by atoms with E-state index >= 15 is 0 Å². The van der Waals surface area contributed by atoms with E-state index in [1.807, 2.05) is 75.5 Å². The molecule has 30 heavy (non-hydrogen) atoms. The van der Waals surface area contributed by atoms with Crippen LogP contribution in [0.5, 0.6) is 0 Å². The Balaban J connectivity index is 1.95. The molecule has 0 spiro atoms. The number of rotatable bonds is 3. The van der Waals surface area contributed by atoms with Gasteiger partial charge in [0.15, 0.2) is 0 Å². The standard InChI is InChI=1S/C25H23NO3S/c1-14-7-10-19(17(4)12-14)26-22(20-6-5-11-30-20)21(24(28)25(26)29)23(27)18-9-8-15(2)16(3)13-18/h5-13,22,27H,1-4H3/b23-21-. The molecule has 0 aliphatic carbocycles. The number of carbonyl (C=O) groups excluding carboxylic acids is 2. The Kier molecular flexibility index (Phi) is 5.08. The quantitative estimate of drug-likeness (QED) is 0.342. The maximum absolute atomic E-state index is 13.2. The van der Waals surface area contributed by atoms with Crippen LogP contribution in [0.15, 0.2) is 59.5 Å². The second-order valence-electron chi connectivity index (χ2n) is 7.77. The summed E-state index contributed by atoms with van der Waals surface area (Å²) in [5, 5.41) is 13.1. The fourth-order valence-corrected chi connectivity index (χ4v) is 4.74. The van der Waals surface area contributed by atoms with E-state index in [9.17, 15) is 14.7 Å². The van der Waals surface area contributed by atoms with Crippen LogP contribution in [-0.4, -0.2) is 16.8 Å². The Hall–Kier alpha value is -3.18. The summed E-state index contributed by atoms with van der Waals surface area (Å²) >= 11 is 1.46. The number of amides is 1. The molecule has 4 nitrogen and oxygen atoms in total. The third-order valence-corrected chi connectivity index (χ3v) is 6.57. The normalized spacial score (nSPS) is 18.3. The van der Waals surface area contributed by atoms with Gasteiger partial charge in [-0.2, -0.15) is 0 Å². The first-order valence-corrected chi connectivity index (χ1v) is 10.7. The van der Waals surface area contributed by atoms with E-state index in [1.54, 1.807) is 6.07 Å². The molecule has 3 aromatic rings. The van der Waals surface area contributed by atoms with Gasteiger partial charge < -0.3 is 5.11 Å². The van der Waals surface area contributed by atoms with Crippen LogP contribution in [0.4, 0.5) is 5.69 Å². The van der Waals surface area contributed by atoms with Gasteiger partial charge in [-0.05, 0) is 68.0 Å². The molecule has 1 aromatic heterocycles. The number of Topliss-reactive ketones (excluding diaryl/α,β-unsaturated/α-hetero) is 1. The molecule has 152 valence electrons. The number of carbonyl (C=O) groups is 2. The van der Waals surface area contributed by atoms with Crippen LogP contribution in [0.2, 0.25) is 0 Å². The molecule has 0 bridgehead atoms. The largest absolute Gasteiger partial charge is 0.507 e. The van der Waals surface area contributed by atoms with Gasteiger partial charge in [-0.15, -0.1) is 11.3 Å². The molecular weight excluding hydrogens is 394 g/mol. The van der Waals surface area contributed by atoms with Gasteiger partial charge in [0.25, 0.3) is 11.7 Å². The van der Waals surface area contributed by atoms with Crippen LogP contribution in [0.1, 0.15) is 38.7 Å². The summed E-state index contributed by atoms with van der Waals surface area (Å²) in [4.78, 5) is 28.6. The maximum atomic E-state index is 13.2. The number of aryl methyl sites for hydroxylation is 4. The van der Waals surface area contributed by atoms with Gasteiger partial charge in [-0.25, -0.2) is 0 Å². The van der Waals surface area contributed by atoms with E-state index in [1.165, 1.54) is 16.2 Å². The van der Waals surface area contributed by atoms with Gasteiger partial charge in [0.1, 0.15) is 11.8 Å². The molecule has 5 heteroatoms. The average molecular weight is 418 g/mol. The molecule has 1 aliphatic rings.